The molecule has 2 unspecified atom stereocenters. The van der Waals surface area contributed by atoms with Gasteiger partial charge in [0.25, 0.3) is 0 Å². The van der Waals surface area contributed by atoms with E-state index in [1.165, 1.54) is 5.57 Å². The molecule has 0 aromatic carbocycles. The summed E-state index contributed by atoms with van der Waals surface area (Å²) in [5, 5.41) is 14.8. The first kappa shape index (κ1) is 20.0. The molecule has 0 bridgehead atoms. The van der Waals surface area contributed by atoms with Gasteiger partial charge >= 0.3 is 0 Å². The summed E-state index contributed by atoms with van der Waals surface area (Å²) in [6.07, 6.45) is 2.96. The lowest BCUT2D eigenvalue weighted by atomic mass is 9.90. The molecule has 7 nitrogen and oxygen atoms in total. The van der Waals surface area contributed by atoms with E-state index < -0.39 is 5.91 Å². The molecule has 0 radical (unpaired) electrons. The molecule has 1 aliphatic rings. The molecule has 0 heterocycles. The second kappa shape index (κ2) is 9.32. The molecular formula is C17H30N4O3. The van der Waals surface area contributed by atoms with E-state index in [1.807, 2.05) is 0 Å². The maximum absolute atomic E-state index is 12.0. The van der Waals surface area contributed by atoms with E-state index in [1.54, 1.807) is 12.4 Å². The molecule has 0 aromatic rings. The average Bonchev–Trinajstić information content (AvgIpc) is 3.31. The number of nitrogens with two attached hydrogens (primary N) is 1. The first-order valence-electron chi connectivity index (χ1n) is 8.36. The first-order chi connectivity index (χ1) is 11.2. The van der Waals surface area contributed by atoms with Crippen LogP contribution in [0.5, 0.6) is 0 Å². The van der Waals surface area contributed by atoms with Gasteiger partial charge in [0.2, 0.25) is 11.8 Å². The van der Waals surface area contributed by atoms with Crippen molar-refractivity contribution in [2.45, 2.75) is 52.5 Å². The third-order valence-electron chi connectivity index (χ3n) is 3.97. The Labute approximate surface area is 143 Å². The number of hydrogen-bond acceptors (Lipinski definition) is 5. The maximum Gasteiger partial charge on any atom is 0.244 e. The Balaban J connectivity index is 2.71. The molecule has 0 spiro atoms. The van der Waals surface area contributed by atoms with E-state index >= 15 is 0 Å². The zero-order valence-electron chi connectivity index (χ0n) is 14.8. The highest BCUT2D eigenvalue weighted by Crippen LogP contribution is 2.36. The van der Waals surface area contributed by atoms with E-state index in [0.29, 0.717) is 11.6 Å². The number of nitrogens with one attached hydrogen (secondary N) is 3. The van der Waals surface area contributed by atoms with Crippen molar-refractivity contribution in [3.63, 3.8) is 0 Å². The molecule has 1 saturated carbocycles. The van der Waals surface area contributed by atoms with Gasteiger partial charge in [-0.15, -0.1) is 0 Å². The Morgan fingerprint density at radius 2 is 1.88 bits per heavy atom. The molecule has 6 N–H and O–H groups in total. The number of rotatable bonds is 10. The zero-order valence-corrected chi connectivity index (χ0v) is 14.8. The van der Waals surface area contributed by atoms with Crippen LogP contribution in [-0.2, 0) is 9.59 Å². The molecule has 0 saturated heterocycles. The number of carbonyl (C=O) groups is 2. The first-order valence-corrected chi connectivity index (χ1v) is 8.36. The van der Waals surface area contributed by atoms with Gasteiger partial charge in [0.15, 0.2) is 0 Å². The van der Waals surface area contributed by atoms with Crippen LogP contribution in [0.25, 0.3) is 0 Å². The summed E-state index contributed by atoms with van der Waals surface area (Å²) >= 11 is 0. The normalized spacial score (nSPS) is 15.5. The lowest BCUT2D eigenvalue weighted by molar-refractivity contribution is -0.130. The fraction of sp³-hybridized carbons (Fsp3) is 0.647. The van der Waals surface area contributed by atoms with E-state index in [4.69, 9.17) is 10.9 Å². The lowest BCUT2D eigenvalue weighted by Crippen LogP contribution is -2.41. The lowest BCUT2D eigenvalue weighted by Gasteiger charge is -2.23. The molecule has 1 rings (SSSR count). The summed E-state index contributed by atoms with van der Waals surface area (Å²) in [7, 11) is 0. The average molecular weight is 338 g/mol. The van der Waals surface area contributed by atoms with E-state index in [0.717, 1.165) is 25.0 Å². The van der Waals surface area contributed by atoms with E-state index in [2.05, 4.69) is 31.1 Å². The monoisotopic (exact) mass is 338 g/mol. The SMILES string of the molecule is C=C(N)C(C)NC(=O)CNC(=C1CC1)C(CC(=O)NO)CC(C)C. The highest BCUT2D eigenvalue weighted by Gasteiger charge is 2.27. The van der Waals surface area contributed by atoms with Crippen LogP contribution < -0.4 is 21.8 Å². The molecule has 1 aliphatic carbocycles. The van der Waals surface area contributed by atoms with Crippen molar-refractivity contribution >= 4 is 11.8 Å². The standard InChI is InChI=1S/C17H30N4O3/c1-10(2)7-14(8-15(22)21-24)17(13-5-6-13)19-9-16(23)20-12(4)11(3)18/h10,12,14,19,24H,3,5-9,18H2,1-2,4H3,(H,20,23)(H,21,22). The second-order valence-electron chi connectivity index (χ2n) is 6.80. The molecule has 7 heteroatoms. The van der Waals surface area contributed by atoms with Crippen molar-refractivity contribution in [2.75, 3.05) is 6.54 Å². The van der Waals surface area contributed by atoms with Gasteiger partial charge < -0.3 is 16.4 Å². The van der Waals surface area contributed by atoms with Crippen LogP contribution in [0.15, 0.2) is 23.5 Å². The smallest absolute Gasteiger partial charge is 0.244 e. The summed E-state index contributed by atoms with van der Waals surface area (Å²) in [5.41, 5.74) is 9.87. The van der Waals surface area contributed by atoms with Gasteiger partial charge in [0.05, 0.1) is 12.6 Å². The highest BCUT2D eigenvalue weighted by atomic mass is 16.5. The number of carbonyl (C=O) groups excluding carboxylic acids is 2. The molecule has 0 aliphatic heterocycles. The molecule has 2 amide bonds. The minimum atomic E-state index is -0.418. The third-order valence-corrected chi connectivity index (χ3v) is 3.97. The predicted molar refractivity (Wildman–Crippen MR) is 92.7 cm³/mol. The van der Waals surface area contributed by atoms with Gasteiger partial charge in [0, 0.05) is 23.7 Å². The number of allylic oxidation sites excluding steroid dienone is 2. The Morgan fingerprint density at radius 3 is 2.33 bits per heavy atom. The van der Waals surface area contributed by atoms with Crippen molar-refractivity contribution < 1.29 is 14.8 Å². The highest BCUT2D eigenvalue weighted by molar-refractivity contribution is 5.79. The van der Waals surface area contributed by atoms with Crippen molar-refractivity contribution in [2.24, 2.45) is 17.6 Å². The Morgan fingerprint density at radius 1 is 1.25 bits per heavy atom. The third kappa shape index (κ3) is 7.04. The summed E-state index contributed by atoms with van der Waals surface area (Å²) in [6.45, 7) is 9.67. The summed E-state index contributed by atoms with van der Waals surface area (Å²) in [5.74, 6) is -0.238. The number of amides is 2. The van der Waals surface area contributed by atoms with E-state index in [-0.39, 0.29) is 30.8 Å². The van der Waals surface area contributed by atoms with Crippen LogP contribution in [0.3, 0.4) is 0 Å². The zero-order chi connectivity index (χ0) is 18.3. The summed E-state index contributed by atoms with van der Waals surface area (Å²) in [6, 6.07) is -0.289. The van der Waals surface area contributed by atoms with Crippen LogP contribution in [0.4, 0.5) is 0 Å². The molecular weight excluding hydrogens is 308 g/mol. The quantitative estimate of drug-likeness (QED) is 0.303. The topological polar surface area (TPSA) is 116 Å². The number of hydrogen-bond donors (Lipinski definition) is 5. The van der Waals surface area contributed by atoms with Crippen LogP contribution in [0, 0.1) is 11.8 Å². The largest absolute Gasteiger partial charge is 0.401 e. The molecule has 136 valence electrons. The van der Waals surface area contributed by atoms with Gasteiger partial charge in [-0.2, -0.15) is 0 Å². The minimum absolute atomic E-state index is 0.0376. The molecule has 1 fully saturated rings. The van der Waals surface area contributed by atoms with Gasteiger partial charge in [-0.05, 0) is 32.1 Å². The van der Waals surface area contributed by atoms with E-state index in [9.17, 15) is 9.59 Å². The molecule has 24 heavy (non-hydrogen) atoms. The molecule has 0 aromatic heterocycles. The number of hydroxylamine groups is 1. The Bertz CT molecular complexity index is 508. The Kier molecular flexibility index (Phi) is 7.78. The van der Waals surface area contributed by atoms with Crippen LogP contribution >= 0.6 is 0 Å². The van der Waals surface area contributed by atoms with Crippen LogP contribution in [0.1, 0.15) is 46.5 Å². The van der Waals surface area contributed by atoms with Gasteiger partial charge in [-0.25, -0.2) is 5.48 Å². The summed E-state index contributed by atoms with van der Waals surface area (Å²) in [4.78, 5) is 23.6. The Hall–Kier alpha value is -2.02. The van der Waals surface area contributed by atoms with Crippen molar-refractivity contribution in [3.05, 3.63) is 23.5 Å². The van der Waals surface area contributed by atoms with Crippen molar-refractivity contribution in [1.82, 2.24) is 16.1 Å². The van der Waals surface area contributed by atoms with Gasteiger partial charge in [-0.3, -0.25) is 14.8 Å². The van der Waals surface area contributed by atoms with Gasteiger partial charge in [-0.1, -0.05) is 26.0 Å². The van der Waals surface area contributed by atoms with Gasteiger partial charge in [0.1, 0.15) is 0 Å². The van der Waals surface area contributed by atoms with Crippen LogP contribution in [0.2, 0.25) is 0 Å². The fourth-order valence-electron chi connectivity index (χ4n) is 2.59. The van der Waals surface area contributed by atoms with Crippen LogP contribution in [-0.4, -0.2) is 29.6 Å². The van der Waals surface area contributed by atoms with Crippen molar-refractivity contribution in [3.8, 4) is 0 Å². The molecule has 2 atom stereocenters. The van der Waals surface area contributed by atoms with Crippen molar-refractivity contribution in [1.29, 1.82) is 0 Å². The fourth-order valence-corrected chi connectivity index (χ4v) is 2.59. The second-order valence-corrected chi connectivity index (χ2v) is 6.80. The minimum Gasteiger partial charge on any atom is -0.401 e. The predicted octanol–water partition coefficient (Wildman–Crippen LogP) is 1.16. The maximum atomic E-state index is 12.0. The summed E-state index contributed by atoms with van der Waals surface area (Å²) < 4.78 is 0.